The van der Waals surface area contributed by atoms with Crippen molar-refractivity contribution in [1.82, 2.24) is 19.7 Å². The molecule has 0 spiro atoms. The molecule has 0 radical (unpaired) electrons. The van der Waals surface area contributed by atoms with Crippen molar-refractivity contribution in [2.75, 3.05) is 11.9 Å². The van der Waals surface area contributed by atoms with Gasteiger partial charge in [0.2, 0.25) is 5.95 Å². The number of hydrogen-bond donors (Lipinski definition) is 2. The summed E-state index contributed by atoms with van der Waals surface area (Å²) in [6, 6.07) is 4.56. The summed E-state index contributed by atoms with van der Waals surface area (Å²) in [7, 11) is 1.88. The lowest BCUT2D eigenvalue weighted by atomic mass is 10.2. The van der Waals surface area contributed by atoms with Crippen LogP contribution in [0.3, 0.4) is 0 Å². The van der Waals surface area contributed by atoms with E-state index in [2.05, 4.69) is 20.4 Å². The van der Waals surface area contributed by atoms with Gasteiger partial charge in [-0.1, -0.05) is 0 Å². The van der Waals surface area contributed by atoms with Gasteiger partial charge in [0.05, 0.1) is 22.2 Å². The van der Waals surface area contributed by atoms with E-state index in [0.29, 0.717) is 23.5 Å². The summed E-state index contributed by atoms with van der Waals surface area (Å²) in [4.78, 5) is 17.7. The van der Waals surface area contributed by atoms with Crippen LogP contribution in [0.5, 0.6) is 0 Å². The lowest BCUT2D eigenvalue weighted by Gasteiger charge is -2.00. The van der Waals surface area contributed by atoms with Crippen LogP contribution in [-0.4, -0.2) is 31.2 Å². The predicted molar refractivity (Wildman–Crippen MR) is 78.1 cm³/mol. The largest absolute Gasteiger partial charge is 0.355 e. The summed E-state index contributed by atoms with van der Waals surface area (Å²) in [5.74, 6) is 0.606. The van der Waals surface area contributed by atoms with E-state index in [1.807, 2.05) is 19.4 Å². The van der Waals surface area contributed by atoms with E-state index in [1.165, 1.54) is 12.1 Å². The highest BCUT2D eigenvalue weighted by atomic mass is 16.6. The van der Waals surface area contributed by atoms with Crippen molar-refractivity contribution in [3.05, 3.63) is 46.3 Å². The molecule has 0 bridgehead atoms. The summed E-state index contributed by atoms with van der Waals surface area (Å²) in [6.45, 7) is 0.702. The van der Waals surface area contributed by atoms with Gasteiger partial charge in [0.25, 0.3) is 5.69 Å². The number of aromatic nitrogens is 4. The monoisotopic (exact) mass is 286 g/mol. The highest BCUT2D eigenvalue weighted by molar-refractivity contribution is 5.79. The molecule has 0 aliphatic rings. The maximum atomic E-state index is 10.7. The van der Waals surface area contributed by atoms with Gasteiger partial charge in [-0.3, -0.25) is 14.8 Å². The number of nitrogens with zero attached hydrogens (tertiary/aromatic N) is 4. The number of fused-ring (bicyclic) bond motifs is 1. The number of aryl methyl sites for hydroxylation is 1. The van der Waals surface area contributed by atoms with Crippen molar-refractivity contribution < 1.29 is 4.92 Å². The Morgan fingerprint density at radius 3 is 3.05 bits per heavy atom. The molecule has 1 aromatic carbocycles. The quantitative estimate of drug-likeness (QED) is 0.550. The Labute approximate surface area is 120 Å². The van der Waals surface area contributed by atoms with Crippen molar-refractivity contribution in [3.8, 4) is 0 Å². The van der Waals surface area contributed by atoms with E-state index in [0.717, 1.165) is 12.0 Å². The molecule has 8 nitrogen and oxygen atoms in total. The third-order valence-corrected chi connectivity index (χ3v) is 3.14. The maximum Gasteiger partial charge on any atom is 0.271 e. The first-order chi connectivity index (χ1) is 10.1. The van der Waals surface area contributed by atoms with Gasteiger partial charge >= 0.3 is 0 Å². The highest BCUT2D eigenvalue weighted by Crippen LogP contribution is 2.20. The molecule has 0 fully saturated rings. The average molecular weight is 286 g/mol. The molecule has 8 heteroatoms. The summed E-state index contributed by atoms with van der Waals surface area (Å²) in [6.07, 6.45) is 4.61. The SMILES string of the molecule is Cn1cc(CCNc2nc3ccc([N+](=O)[O-])cc3[nH]2)cn1. The van der Waals surface area contributed by atoms with Crippen LogP contribution in [-0.2, 0) is 13.5 Å². The molecule has 0 amide bonds. The third-order valence-electron chi connectivity index (χ3n) is 3.14. The van der Waals surface area contributed by atoms with Crippen LogP contribution in [0.1, 0.15) is 5.56 Å². The molecule has 108 valence electrons. The number of anilines is 1. The zero-order valence-corrected chi connectivity index (χ0v) is 11.4. The number of imidazole rings is 1. The van der Waals surface area contributed by atoms with Crippen LogP contribution in [0.25, 0.3) is 11.0 Å². The second-order valence-electron chi connectivity index (χ2n) is 4.74. The van der Waals surface area contributed by atoms with Gasteiger partial charge in [-0.15, -0.1) is 0 Å². The van der Waals surface area contributed by atoms with Gasteiger partial charge in [-0.05, 0) is 18.1 Å². The minimum atomic E-state index is -0.421. The summed E-state index contributed by atoms with van der Waals surface area (Å²) in [5.41, 5.74) is 2.53. The normalized spacial score (nSPS) is 10.9. The number of nitrogens with one attached hydrogen (secondary N) is 2. The number of nitro benzene ring substituents is 1. The van der Waals surface area contributed by atoms with E-state index in [-0.39, 0.29) is 5.69 Å². The fourth-order valence-electron chi connectivity index (χ4n) is 2.12. The van der Waals surface area contributed by atoms with E-state index >= 15 is 0 Å². The topological polar surface area (TPSA) is 102 Å². The fraction of sp³-hybridized carbons (Fsp3) is 0.231. The van der Waals surface area contributed by atoms with Gasteiger partial charge < -0.3 is 10.3 Å². The molecule has 21 heavy (non-hydrogen) atoms. The van der Waals surface area contributed by atoms with Crippen LogP contribution in [0.15, 0.2) is 30.6 Å². The summed E-state index contributed by atoms with van der Waals surface area (Å²) in [5, 5.41) is 18.0. The second kappa shape index (κ2) is 5.23. The molecule has 2 heterocycles. The minimum Gasteiger partial charge on any atom is -0.355 e. The average Bonchev–Trinajstić information content (AvgIpc) is 3.03. The van der Waals surface area contributed by atoms with Crippen LogP contribution in [0.4, 0.5) is 11.6 Å². The zero-order valence-electron chi connectivity index (χ0n) is 11.4. The Balaban J connectivity index is 1.68. The number of non-ortho nitro benzene ring substituents is 1. The first-order valence-corrected chi connectivity index (χ1v) is 6.47. The molecule has 0 saturated heterocycles. The standard InChI is InChI=1S/C13H14N6O2/c1-18-8-9(7-15-18)4-5-14-13-16-11-3-2-10(19(20)21)6-12(11)17-13/h2-3,6-8H,4-5H2,1H3,(H2,14,16,17). The lowest BCUT2D eigenvalue weighted by molar-refractivity contribution is -0.384. The van der Waals surface area contributed by atoms with E-state index in [4.69, 9.17) is 0 Å². The molecular weight excluding hydrogens is 272 g/mol. The Hall–Kier alpha value is -2.90. The van der Waals surface area contributed by atoms with Crippen molar-refractivity contribution >= 4 is 22.7 Å². The summed E-state index contributed by atoms with van der Waals surface area (Å²) >= 11 is 0. The fourth-order valence-corrected chi connectivity index (χ4v) is 2.12. The molecule has 0 unspecified atom stereocenters. The van der Waals surface area contributed by atoms with Crippen molar-refractivity contribution in [3.63, 3.8) is 0 Å². The van der Waals surface area contributed by atoms with E-state index in [1.54, 1.807) is 10.7 Å². The molecule has 0 aliphatic carbocycles. The predicted octanol–water partition coefficient (Wildman–Crippen LogP) is 1.86. The first-order valence-electron chi connectivity index (χ1n) is 6.47. The number of benzene rings is 1. The molecule has 2 aromatic heterocycles. The smallest absolute Gasteiger partial charge is 0.271 e. The van der Waals surface area contributed by atoms with Crippen molar-refractivity contribution in [1.29, 1.82) is 0 Å². The third kappa shape index (κ3) is 2.83. The first kappa shape index (κ1) is 13.1. The second-order valence-corrected chi connectivity index (χ2v) is 4.74. The molecule has 3 aromatic rings. The number of hydrogen-bond acceptors (Lipinski definition) is 5. The van der Waals surface area contributed by atoms with Crippen LogP contribution >= 0.6 is 0 Å². The Bertz CT molecular complexity index is 791. The van der Waals surface area contributed by atoms with E-state index in [9.17, 15) is 10.1 Å². The molecule has 0 aliphatic heterocycles. The molecular formula is C13H14N6O2. The van der Waals surface area contributed by atoms with Gasteiger partial charge in [-0.25, -0.2) is 4.98 Å². The Morgan fingerprint density at radius 2 is 2.33 bits per heavy atom. The number of H-pyrrole nitrogens is 1. The Kier molecular flexibility index (Phi) is 3.27. The van der Waals surface area contributed by atoms with E-state index < -0.39 is 4.92 Å². The van der Waals surface area contributed by atoms with Crippen LogP contribution in [0.2, 0.25) is 0 Å². The number of aromatic amines is 1. The molecule has 0 saturated carbocycles. The van der Waals surface area contributed by atoms with Gasteiger partial charge in [-0.2, -0.15) is 5.10 Å². The molecule has 2 N–H and O–H groups in total. The Morgan fingerprint density at radius 1 is 1.48 bits per heavy atom. The van der Waals surface area contributed by atoms with Crippen molar-refractivity contribution in [2.45, 2.75) is 6.42 Å². The van der Waals surface area contributed by atoms with Crippen LogP contribution in [0, 0.1) is 10.1 Å². The minimum absolute atomic E-state index is 0.0491. The maximum absolute atomic E-state index is 10.7. The zero-order chi connectivity index (χ0) is 14.8. The number of nitro groups is 1. The van der Waals surface area contributed by atoms with Gasteiger partial charge in [0, 0.05) is 31.9 Å². The summed E-state index contributed by atoms with van der Waals surface area (Å²) < 4.78 is 1.76. The lowest BCUT2D eigenvalue weighted by Crippen LogP contribution is -2.05. The van der Waals surface area contributed by atoms with Crippen molar-refractivity contribution in [2.24, 2.45) is 7.05 Å². The highest BCUT2D eigenvalue weighted by Gasteiger charge is 2.09. The van der Waals surface area contributed by atoms with Crippen LogP contribution < -0.4 is 5.32 Å². The van der Waals surface area contributed by atoms with Gasteiger partial charge in [0.1, 0.15) is 0 Å². The van der Waals surface area contributed by atoms with Gasteiger partial charge in [0.15, 0.2) is 0 Å². The number of rotatable bonds is 5. The molecule has 0 atom stereocenters. The molecule has 3 rings (SSSR count).